The quantitative estimate of drug-likeness (QED) is 0.441. The van der Waals surface area contributed by atoms with Crippen LogP contribution in [-0.4, -0.2) is 49.4 Å². The van der Waals surface area contributed by atoms with E-state index < -0.39 is 12.1 Å². The van der Waals surface area contributed by atoms with Crippen LogP contribution in [0.2, 0.25) is 0 Å². The second kappa shape index (κ2) is 13.6. The summed E-state index contributed by atoms with van der Waals surface area (Å²) in [4.78, 5) is 34.8. The molecule has 0 saturated heterocycles. The summed E-state index contributed by atoms with van der Waals surface area (Å²) in [5, 5.41) is 6.06. The van der Waals surface area contributed by atoms with E-state index in [0.29, 0.717) is 13.1 Å². The van der Waals surface area contributed by atoms with E-state index in [1.807, 2.05) is 102 Å². The molecule has 2 rings (SSSR count). The molecule has 2 atom stereocenters. The van der Waals surface area contributed by atoms with Crippen molar-refractivity contribution in [1.82, 2.24) is 10.6 Å². The molecule has 0 spiro atoms. The van der Waals surface area contributed by atoms with Crippen LogP contribution in [0.15, 0.2) is 70.6 Å². The number of aliphatic imine (C=N–C) groups is 2. The van der Waals surface area contributed by atoms with Gasteiger partial charge < -0.3 is 10.6 Å². The van der Waals surface area contributed by atoms with Crippen molar-refractivity contribution >= 4 is 24.2 Å². The highest BCUT2D eigenvalue weighted by Crippen LogP contribution is 2.15. The minimum absolute atomic E-state index is 0.0621. The first-order valence-corrected chi connectivity index (χ1v) is 12.3. The number of rotatable bonds is 12. The Morgan fingerprint density at radius 1 is 0.714 bits per heavy atom. The predicted molar refractivity (Wildman–Crippen MR) is 145 cm³/mol. The first-order chi connectivity index (χ1) is 16.6. The van der Waals surface area contributed by atoms with E-state index in [2.05, 4.69) is 20.6 Å². The Balaban J connectivity index is 1.91. The monoisotopic (exact) mass is 476 g/mol. The van der Waals surface area contributed by atoms with Crippen molar-refractivity contribution in [2.45, 2.75) is 53.6 Å². The molecule has 0 aromatic heterocycles. The van der Waals surface area contributed by atoms with Gasteiger partial charge in [-0.15, -0.1) is 0 Å². The summed E-state index contributed by atoms with van der Waals surface area (Å²) < 4.78 is 0. The molecule has 35 heavy (non-hydrogen) atoms. The van der Waals surface area contributed by atoms with Gasteiger partial charge in [-0.05, 0) is 28.4 Å². The zero-order chi connectivity index (χ0) is 25.8. The summed E-state index contributed by atoms with van der Waals surface area (Å²) in [6.45, 7) is 12.8. The average Bonchev–Trinajstić information content (AvgIpc) is 2.83. The van der Waals surface area contributed by atoms with Crippen LogP contribution in [0.25, 0.3) is 0 Å². The molecule has 6 heteroatoms. The predicted octanol–water partition coefficient (Wildman–Crippen LogP) is 4.53. The molecule has 0 saturated carbocycles. The summed E-state index contributed by atoms with van der Waals surface area (Å²) in [6.07, 6.45) is 3.50. The van der Waals surface area contributed by atoms with Crippen LogP contribution in [0.5, 0.6) is 0 Å². The average molecular weight is 477 g/mol. The molecule has 6 nitrogen and oxygen atoms in total. The molecule has 0 aliphatic rings. The lowest BCUT2D eigenvalue weighted by molar-refractivity contribution is -0.123. The number of benzene rings is 2. The zero-order valence-corrected chi connectivity index (χ0v) is 21.9. The molecule has 188 valence electrons. The molecular formula is C29H40N4O2. The third kappa shape index (κ3) is 9.85. The maximum atomic E-state index is 12.9. The first-order valence-electron chi connectivity index (χ1n) is 12.3. The number of nitrogens with one attached hydrogen (secondary N) is 2. The minimum Gasteiger partial charge on any atom is -0.354 e. The lowest BCUT2D eigenvalue weighted by atomic mass is 9.92. The van der Waals surface area contributed by atoms with Crippen LogP contribution < -0.4 is 10.6 Å². The molecule has 0 radical (unpaired) electrons. The van der Waals surface area contributed by atoms with Gasteiger partial charge >= 0.3 is 0 Å². The molecule has 0 bridgehead atoms. The van der Waals surface area contributed by atoms with Crippen LogP contribution >= 0.6 is 0 Å². The van der Waals surface area contributed by atoms with Gasteiger partial charge in [-0.25, -0.2) is 0 Å². The number of amides is 2. The van der Waals surface area contributed by atoms with Gasteiger partial charge in [0, 0.05) is 25.5 Å². The van der Waals surface area contributed by atoms with E-state index in [1.54, 1.807) is 12.4 Å². The molecule has 0 fully saturated rings. The molecule has 2 aromatic rings. The number of carbonyl (C=O) groups excluding carboxylic acids is 2. The molecule has 2 aromatic carbocycles. The molecule has 0 aliphatic carbocycles. The molecule has 0 heterocycles. The maximum absolute atomic E-state index is 12.9. The van der Waals surface area contributed by atoms with Crippen molar-refractivity contribution in [2.24, 2.45) is 27.2 Å². The van der Waals surface area contributed by atoms with Gasteiger partial charge in [0.15, 0.2) is 0 Å². The third-order valence-corrected chi connectivity index (χ3v) is 5.65. The van der Waals surface area contributed by atoms with Crippen molar-refractivity contribution in [1.29, 1.82) is 0 Å². The summed E-state index contributed by atoms with van der Waals surface area (Å²) in [5.41, 5.74) is 1.59. The van der Waals surface area contributed by atoms with Crippen molar-refractivity contribution in [3.8, 4) is 0 Å². The van der Waals surface area contributed by atoms with E-state index in [-0.39, 0.29) is 29.1 Å². The van der Waals surface area contributed by atoms with E-state index >= 15 is 0 Å². The van der Waals surface area contributed by atoms with E-state index in [4.69, 9.17) is 0 Å². The zero-order valence-electron chi connectivity index (χ0n) is 21.9. The van der Waals surface area contributed by atoms with Gasteiger partial charge in [-0.1, -0.05) is 102 Å². The van der Waals surface area contributed by atoms with Crippen LogP contribution in [0.1, 0.15) is 52.7 Å². The van der Waals surface area contributed by atoms with E-state index in [1.165, 1.54) is 0 Å². The van der Waals surface area contributed by atoms with Crippen molar-refractivity contribution in [3.63, 3.8) is 0 Å². The highest BCUT2D eigenvalue weighted by Gasteiger charge is 2.27. The summed E-state index contributed by atoms with van der Waals surface area (Å²) in [6, 6.07) is 18.6. The Labute approximate surface area is 210 Å². The Bertz CT molecular complexity index is 903. The van der Waals surface area contributed by atoms with Crippen LogP contribution in [0, 0.1) is 17.3 Å². The van der Waals surface area contributed by atoms with Gasteiger partial charge in [0.1, 0.15) is 12.1 Å². The lowest BCUT2D eigenvalue weighted by Gasteiger charge is -2.28. The Hall–Kier alpha value is -3.28. The number of carbonyl (C=O) groups is 2. The van der Waals surface area contributed by atoms with Gasteiger partial charge in [-0.2, -0.15) is 0 Å². The molecule has 0 aliphatic heterocycles. The van der Waals surface area contributed by atoms with Crippen LogP contribution in [0.4, 0.5) is 0 Å². The third-order valence-electron chi connectivity index (χ3n) is 5.65. The standard InChI is InChI=1S/C29H40N4O2/c1-21(2)25(30-17-23-13-9-7-10-14-23)27(34)32-19-29(5,6)20-33-28(35)26(22(3)4)31-18-24-15-11-8-12-16-24/h7-18,21-22,25-26H,19-20H2,1-6H3,(H,32,34)(H,33,35)/t25-,26-/m0/s1. The summed E-state index contributed by atoms with van der Waals surface area (Å²) in [5.74, 6) is -0.0997. The number of nitrogens with zero attached hydrogens (tertiary/aromatic N) is 2. The van der Waals surface area contributed by atoms with Crippen molar-refractivity contribution < 1.29 is 9.59 Å². The van der Waals surface area contributed by atoms with Gasteiger partial charge in [0.05, 0.1) is 0 Å². The Morgan fingerprint density at radius 2 is 1.06 bits per heavy atom. The van der Waals surface area contributed by atoms with Crippen LogP contribution in [-0.2, 0) is 9.59 Å². The summed E-state index contributed by atoms with van der Waals surface area (Å²) >= 11 is 0. The fourth-order valence-corrected chi connectivity index (χ4v) is 3.42. The molecule has 2 N–H and O–H groups in total. The highest BCUT2D eigenvalue weighted by atomic mass is 16.2. The fourth-order valence-electron chi connectivity index (χ4n) is 3.42. The Morgan fingerprint density at radius 3 is 1.37 bits per heavy atom. The first kappa shape index (κ1) is 28.0. The largest absolute Gasteiger partial charge is 0.354 e. The van der Waals surface area contributed by atoms with E-state index in [0.717, 1.165) is 11.1 Å². The maximum Gasteiger partial charge on any atom is 0.245 e. The normalized spacial score (nSPS) is 13.9. The van der Waals surface area contributed by atoms with E-state index in [9.17, 15) is 9.59 Å². The highest BCUT2D eigenvalue weighted by molar-refractivity contribution is 5.87. The molecule has 2 amide bonds. The Kier molecular flexibility index (Phi) is 10.8. The van der Waals surface area contributed by atoms with Gasteiger partial charge in [0.25, 0.3) is 0 Å². The topological polar surface area (TPSA) is 82.9 Å². The minimum atomic E-state index is -0.474. The fraction of sp³-hybridized carbons (Fsp3) is 0.448. The second-order valence-electron chi connectivity index (χ2n) is 10.4. The van der Waals surface area contributed by atoms with Gasteiger partial charge in [0.2, 0.25) is 11.8 Å². The van der Waals surface area contributed by atoms with Crippen molar-refractivity contribution in [2.75, 3.05) is 13.1 Å². The van der Waals surface area contributed by atoms with Crippen LogP contribution in [0.3, 0.4) is 0 Å². The lowest BCUT2D eigenvalue weighted by Crippen LogP contribution is -2.47. The van der Waals surface area contributed by atoms with Gasteiger partial charge in [-0.3, -0.25) is 19.6 Å². The molecular weight excluding hydrogens is 436 g/mol. The van der Waals surface area contributed by atoms with Crippen molar-refractivity contribution in [3.05, 3.63) is 71.8 Å². The number of hydrogen-bond donors (Lipinski definition) is 2. The molecule has 0 unspecified atom stereocenters. The summed E-state index contributed by atoms with van der Waals surface area (Å²) in [7, 11) is 0. The smallest absolute Gasteiger partial charge is 0.245 e. The number of hydrogen-bond acceptors (Lipinski definition) is 4. The second-order valence-corrected chi connectivity index (χ2v) is 10.4. The SMILES string of the molecule is CC(C)[C@H](N=Cc1ccccc1)C(=O)NCC(C)(C)CNC(=O)[C@@H](N=Cc1ccccc1)C(C)C.